The molecule has 0 aliphatic carbocycles. The number of nitrogens with two attached hydrogens (primary N) is 1. The highest BCUT2D eigenvalue weighted by atomic mass is 16.5. The molecule has 0 radical (unpaired) electrons. The summed E-state index contributed by atoms with van der Waals surface area (Å²) in [4.78, 5) is 26.7. The molecular formula is C21H24N2O4. The number of aryl methyl sites for hydroxylation is 1. The second-order valence-electron chi connectivity index (χ2n) is 6.71. The normalized spacial score (nSPS) is 19.7. The molecule has 0 aromatic heterocycles. The summed E-state index contributed by atoms with van der Waals surface area (Å²) in [6.07, 6.45) is 0.709. The van der Waals surface area contributed by atoms with Crippen molar-refractivity contribution in [1.29, 1.82) is 0 Å². The van der Waals surface area contributed by atoms with Gasteiger partial charge in [0, 0.05) is 12.1 Å². The third kappa shape index (κ3) is 3.60. The number of carbonyl (C=O) groups excluding carboxylic acids is 2. The monoisotopic (exact) mass is 368 g/mol. The van der Waals surface area contributed by atoms with Gasteiger partial charge in [0.15, 0.2) is 11.5 Å². The second-order valence-corrected chi connectivity index (χ2v) is 6.71. The maximum absolute atomic E-state index is 12.8. The molecule has 1 aliphatic heterocycles. The minimum Gasteiger partial charge on any atom is -0.493 e. The molecule has 1 fully saturated rings. The predicted octanol–water partition coefficient (Wildman–Crippen LogP) is 2.98. The van der Waals surface area contributed by atoms with Crippen LogP contribution in [0.15, 0.2) is 42.5 Å². The van der Waals surface area contributed by atoms with Crippen LogP contribution < -0.4 is 20.1 Å². The lowest BCUT2D eigenvalue weighted by Gasteiger charge is -2.40. The van der Waals surface area contributed by atoms with Crippen LogP contribution in [-0.4, -0.2) is 26.0 Å². The van der Waals surface area contributed by atoms with Crippen molar-refractivity contribution < 1.29 is 19.1 Å². The number of methoxy groups -OCH3 is 2. The van der Waals surface area contributed by atoms with Crippen LogP contribution in [-0.2, 0) is 9.59 Å². The van der Waals surface area contributed by atoms with E-state index in [1.807, 2.05) is 37.3 Å². The summed E-state index contributed by atoms with van der Waals surface area (Å²) in [7, 11) is 3.11. The molecule has 2 N–H and O–H groups in total. The molecule has 1 heterocycles. The van der Waals surface area contributed by atoms with Crippen molar-refractivity contribution >= 4 is 17.5 Å². The third-order valence-electron chi connectivity index (χ3n) is 5.02. The topological polar surface area (TPSA) is 81.9 Å². The lowest BCUT2D eigenvalue weighted by atomic mass is 9.83. The number of nitrogens with zero attached hydrogens (tertiary/aromatic N) is 1. The molecule has 2 aromatic rings. The van der Waals surface area contributed by atoms with Crippen LogP contribution in [0.5, 0.6) is 11.5 Å². The fourth-order valence-corrected chi connectivity index (χ4v) is 3.62. The Hall–Kier alpha value is -3.02. The summed E-state index contributed by atoms with van der Waals surface area (Å²) < 4.78 is 10.7. The molecule has 6 heteroatoms. The summed E-state index contributed by atoms with van der Waals surface area (Å²) >= 11 is 0. The molecular weight excluding hydrogens is 344 g/mol. The van der Waals surface area contributed by atoms with E-state index in [9.17, 15) is 9.59 Å². The van der Waals surface area contributed by atoms with E-state index in [4.69, 9.17) is 15.2 Å². The fourth-order valence-electron chi connectivity index (χ4n) is 3.62. The zero-order chi connectivity index (χ0) is 19.6. The largest absolute Gasteiger partial charge is 0.493 e. The number of ether oxygens (including phenoxy) is 2. The molecule has 27 heavy (non-hydrogen) atoms. The Balaban J connectivity index is 2.13. The molecule has 1 saturated heterocycles. The average Bonchev–Trinajstić information content (AvgIpc) is 2.67. The maximum atomic E-state index is 12.8. The maximum Gasteiger partial charge on any atom is 0.227 e. The lowest BCUT2D eigenvalue weighted by Crippen LogP contribution is -2.47. The molecule has 3 rings (SSSR count). The number of carbonyl (C=O) groups is 2. The predicted molar refractivity (Wildman–Crippen MR) is 103 cm³/mol. The van der Waals surface area contributed by atoms with Crippen LogP contribution in [0.1, 0.15) is 30.0 Å². The van der Waals surface area contributed by atoms with E-state index in [1.54, 1.807) is 31.3 Å². The number of benzene rings is 2. The molecule has 2 atom stereocenters. The first-order valence-corrected chi connectivity index (χ1v) is 8.86. The van der Waals surface area contributed by atoms with Gasteiger partial charge in [-0.25, -0.2) is 0 Å². The SMILES string of the molecule is COc1ccc(C2C(C(N)=O)CCC(=O)N2c2ccc(C)cc2)cc1OC. The van der Waals surface area contributed by atoms with Gasteiger partial charge in [0.2, 0.25) is 11.8 Å². The van der Waals surface area contributed by atoms with Crippen LogP contribution in [0.3, 0.4) is 0 Å². The second kappa shape index (κ2) is 7.70. The molecule has 0 bridgehead atoms. The number of piperidine rings is 1. The first kappa shape index (κ1) is 18.8. The Bertz CT molecular complexity index is 848. The van der Waals surface area contributed by atoms with E-state index in [-0.39, 0.29) is 12.3 Å². The Morgan fingerprint density at radius 2 is 1.74 bits per heavy atom. The van der Waals surface area contributed by atoms with Gasteiger partial charge in [-0.3, -0.25) is 9.59 Å². The van der Waals surface area contributed by atoms with Gasteiger partial charge in [-0.05, 0) is 43.2 Å². The van der Waals surface area contributed by atoms with E-state index in [1.165, 1.54) is 0 Å². The Morgan fingerprint density at radius 3 is 2.33 bits per heavy atom. The van der Waals surface area contributed by atoms with Crippen LogP contribution in [0.25, 0.3) is 0 Å². The van der Waals surface area contributed by atoms with E-state index >= 15 is 0 Å². The number of hydrogen-bond donors (Lipinski definition) is 1. The number of anilines is 1. The Labute approximate surface area is 158 Å². The molecule has 0 saturated carbocycles. The van der Waals surface area contributed by atoms with Crippen molar-refractivity contribution in [1.82, 2.24) is 0 Å². The zero-order valence-corrected chi connectivity index (χ0v) is 15.8. The van der Waals surface area contributed by atoms with Crippen LogP contribution in [0.2, 0.25) is 0 Å². The number of primary amides is 1. The summed E-state index contributed by atoms with van der Waals surface area (Å²) in [5.41, 5.74) is 8.32. The number of amides is 2. The summed E-state index contributed by atoms with van der Waals surface area (Å²) in [6.45, 7) is 1.99. The summed E-state index contributed by atoms with van der Waals surface area (Å²) in [5.74, 6) is 0.193. The van der Waals surface area contributed by atoms with Gasteiger partial charge in [0.05, 0.1) is 26.2 Å². The molecule has 2 amide bonds. The standard InChI is InChI=1S/C21H24N2O4/c1-13-4-7-15(8-5-13)23-19(24)11-9-16(21(22)25)20(23)14-6-10-17(26-2)18(12-14)27-3/h4-8,10,12,16,20H,9,11H2,1-3H3,(H2,22,25). The van der Waals surface area contributed by atoms with Gasteiger partial charge in [0.25, 0.3) is 0 Å². The van der Waals surface area contributed by atoms with Crippen molar-refractivity contribution in [2.45, 2.75) is 25.8 Å². The molecule has 1 aliphatic rings. The van der Waals surface area contributed by atoms with E-state index < -0.39 is 17.9 Å². The Kier molecular flexibility index (Phi) is 5.35. The van der Waals surface area contributed by atoms with Crippen molar-refractivity contribution in [2.75, 3.05) is 19.1 Å². The summed E-state index contributed by atoms with van der Waals surface area (Å²) in [5, 5.41) is 0. The first-order chi connectivity index (χ1) is 13.0. The van der Waals surface area contributed by atoms with Crippen LogP contribution >= 0.6 is 0 Å². The van der Waals surface area contributed by atoms with Crippen molar-refractivity contribution in [2.24, 2.45) is 11.7 Å². The molecule has 142 valence electrons. The summed E-state index contributed by atoms with van der Waals surface area (Å²) in [6, 6.07) is 12.6. The quantitative estimate of drug-likeness (QED) is 0.880. The van der Waals surface area contributed by atoms with E-state index in [2.05, 4.69) is 0 Å². The molecule has 6 nitrogen and oxygen atoms in total. The number of rotatable bonds is 5. The highest BCUT2D eigenvalue weighted by Gasteiger charge is 2.40. The van der Waals surface area contributed by atoms with Crippen molar-refractivity contribution in [3.05, 3.63) is 53.6 Å². The first-order valence-electron chi connectivity index (χ1n) is 8.86. The van der Waals surface area contributed by atoms with Crippen molar-refractivity contribution in [3.8, 4) is 11.5 Å². The van der Waals surface area contributed by atoms with Gasteiger partial charge in [-0.2, -0.15) is 0 Å². The minimum atomic E-state index is -0.494. The highest BCUT2D eigenvalue weighted by Crippen LogP contribution is 2.42. The van der Waals surface area contributed by atoms with E-state index in [0.29, 0.717) is 17.9 Å². The van der Waals surface area contributed by atoms with Gasteiger partial charge in [0.1, 0.15) is 0 Å². The molecule has 2 unspecified atom stereocenters. The van der Waals surface area contributed by atoms with Gasteiger partial charge in [-0.1, -0.05) is 23.8 Å². The van der Waals surface area contributed by atoms with Gasteiger partial charge < -0.3 is 20.1 Å². The Morgan fingerprint density at radius 1 is 1.07 bits per heavy atom. The molecule has 0 spiro atoms. The third-order valence-corrected chi connectivity index (χ3v) is 5.02. The number of hydrogen-bond acceptors (Lipinski definition) is 4. The highest BCUT2D eigenvalue weighted by molar-refractivity contribution is 5.97. The van der Waals surface area contributed by atoms with Crippen LogP contribution in [0, 0.1) is 12.8 Å². The van der Waals surface area contributed by atoms with Gasteiger partial charge in [-0.15, -0.1) is 0 Å². The fraction of sp³-hybridized carbons (Fsp3) is 0.333. The average molecular weight is 368 g/mol. The zero-order valence-electron chi connectivity index (χ0n) is 15.8. The lowest BCUT2D eigenvalue weighted by molar-refractivity contribution is -0.127. The molecule has 2 aromatic carbocycles. The minimum absolute atomic E-state index is 0.0314. The van der Waals surface area contributed by atoms with Crippen molar-refractivity contribution in [3.63, 3.8) is 0 Å². The van der Waals surface area contributed by atoms with Crippen LogP contribution in [0.4, 0.5) is 5.69 Å². The van der Waals surface area contributed by atoms with E-state index in [0.717, 1.165) is 16.8 Å². The van der Waals surface area contributed by atoms with Gasteiger partial charge >= 0.3 is 0 Å². The smallest absolute Gasteiger partial charge is 0.227 e.